The van der Waals surface area contributed by atoms with Crippen molar-refractivity contribution in [2.24, 2.45) is 0 Å². The summed E-state index contributed by atoms with van der Waals surface area (Å²) in [7, 11) is 2.53. The van der Waals surface area contributed by atoms with E-state index in [0.717, 1.165) is 0 Å². The van der Waals surface area contributed by atoms with Crippen molar-refractivity contribution in [3.05, 3.63) is 24.5 Å². The van der Waals surface area contributed by atoms with E-state index in [1.54, 1.807) is 0 Å². The summed E-state index contributed by atoms with van der Waals surface area (Å²) in [6.07, 6.45) is 3.93. The lowest BCUT2D eigenvalue weighted by atomic mass is 10.7. The molecule has 2 heteroatoms. The van der Waals surface area contributed by atoms with Crippen LogP contribution in [-0.2, 0) is 0 Å². The van der Waals surface area contributed by atoms with Crippen molar-refractivity contribution in [2.75, 3.05) is 0 Å². The second kappa shape index (κ2) is 1.44. The Balaban J connectivity index is 3.05. The zero-order chi connectivity index (χ0) is 4.41. The Hall–Kier alpha value is -0.290. The number of rotatable bonds is 0. The van der Waals surface area contributed by atoms with E-state index < -0.39 is 0 Å². The Morgan fingerprint density at radius 1 is 1.17 bits per heavy atom. The highest BCUT2D eigenvalue weighted by Gasteiger charge is 1.68. The van der Waals surface area contributed by atoms with Gasteiger partial charge in [0.05, 0.1) is 0 Å². The predicted molar refractivity (Wildman–Crippen MR) is 29.5 cm³/mol. The molecule has 0 bridgehead atoms. The van der Waals surface area contributed by atoms with Gasteiger partial charge in [0.15, 0.2) is 0 Å². The summed E-state index contributed by atoms with van der Waals surface area (Å²) in [6.45, 7) is 0. The van der Waals surface area contributed by atoms with Gasteiger partial charge in [-0.25, -0.2) is 0 Å². The van der Waals surface area contributed by atoms with Gasteiger partial charge in [0.2, 0.25) is 0 Å². The van der Waals surface area contributed by atoms with Crippen LogP contribution < -0.4 is 0 Å². The molecule has 0 radical (unpaired) electrons. The zero-order valence-electron chi connectivity index (χ0n) is 3.33. The van der Waals surface area contributed by atoms with E-state index in [9.17, 15) is 0 Å². The maximum Gasteiger partial charge on any atom is 0.00677 e. The fourth-order valence-electron chi connectivity index (χ4n) is 0.348. The SMILES string of the molecule is Pn1cccc1. The quantitative estimate of drug-likeness (QED) is 0.429. The zero-order valence-corrected chi connectivity index (χ0v) is 4.49. The van der Waals surface area contributed by atoms with Crippen LogP contribution in [-0.4, -0.2) is 4.34 Å². The number of hydrogen-bond donors (Lipinski definition) is 0. The molecule has 1 aromatic rings. The molecular formula is C4H6NP. The first kappa shape index (κ1) is 3.89. The van der Waals surface area contributed by atoms with Gasteiger partial charge >= 0.3 is 0 Å². The van der Waals surface area contributed by atoms with Crippen molar-refractivity contribution in [3.8, 4) is 0 Å². The Morgan fingerprint density at radius 2 is 1.67 bits per heavy atom. The third kappa shape index (κ3) is 0.605. The maximum atomic E-state index is 2.53. The Bertz CT molecular complexity index is 111. The second-order valence-electron chi connectivity index (χ2n) is 1.13. The maximum absolute atomic E-state index is 2.53. The minimum absolute atomic E-state index is 1.92. The van der Waals surface area contributed by atoms with Crippen molar-refractivity contribution in [1.82, 2.24) is 4.34 Å². The summed E-state index contributed by atoms with van der Waals surface area (Å²) in [5, 5.41) is 0. The minimum atomic E-state index is 1.92. The molecule has 0 N–H and O–H groups in total. The van der Waals surface area contributed by atoms with Crippen LogP contribution in [0, 0.1) is 0 Å². The van der Waals surface area contributed by atoms with Gasteiger partial charge < -0.3 is 4.34 Å². The molecule has 1 heterocycles. The predicted octanol–water partition coefficient (Wildman–Crippen LogP) is 1.13. The van der Waals surface area contributed by atoms with Crippen molar-refractivity contribution in [2.45, 2.75) is 0 Å². The number of nitrogens with zero attached hydrogens (tertiary/aromatic N) is 1. The second-order valence-corrected chi connectivity index (χ2v) is 1.73. The summed E-state index contributed by atoms with van der Waals surface area (Å²) in [5.74, 6) is 0. The molecule has 1 atom stereocenters. The molecule has 6 heavy (non-hydrogen) atoms. The third-order valence-electron chi connectivity index (χ3n) is 0.628. The number of aromatic nitrogens is 1. The van der Waals surface area contributed by atoms with E-state index >= 15 is 0 Å². The molecule has 1 nitrogen and oxygen atoms in total. The van der Waals surface area contributed by atoms with Crippen molar-refractivity contribution < 1.29 is 0 Å². The fourth-order valence-corrected chi connectivity index (χ4v) is 0.547. The topological polar surface area (TPSA) is 4.93 Å². The molecular weight excluding hydrogens is 93.0 g/mol. The van der Waals surface area contributed by atoms with E-state index in [4.69, 9.17) is 0 Å². The van der Waals surface area contributed by atoms with Gasteiger partial charge in [0.1, 0.15) is 0 Å². The summed E-state index contributed by atoms with van der Waals surface area (Å²) >= 11 is 0. The highest BCUT2D eigenvalue weighted by atomic mass is 31.0. The van der Waals surface area contributed by atoms with E-state index in [-0.39, 0.29) is 0 Å². The van der Waals surface area contributed by atoms with Crippen LogP contribution in [0.1, 0.15) is 0 Å². The van der Waals surface area contributed by atoms with Crippen LogP contribution in [0.4, 0.5) is 0 Å². The van der Waals surface area contributed by atoms with Gasteiger partial charge in [-0.3, -0.25) is 0 Å². The van der Waals surface area contributed by atoms with Crippen LogP contribution in [0.3, 0.4) is 0 Å². The smallest absolute Gasteiger partial charge is 0.00677 e. The first-order valence-corrected chi connectivity index (χ1v) is 2.29. The van der Waals surface area contributed by atoms with Crippen LogP contribution in [0.5, 0.6) is 0 Å². The number of hydrogen-bond acceptors (Lipinski definition) is 0. The van der Waals surface area contributed by atoms with E-state index in [2.05, 4.69) is 9.39 Å². The minimum Gasteiger partial charge on any atom is -0.339 e. The molecule has 0 saturated heterocycles. The highest BCUT2D eigenvalue weighted by Crippen LogP contribution is 1.91. The van der Waals surface area contributed by atoms with Gasteiger partial charge in [0.25, 0.3) is 0 Å². The van der Waals surface area contributed by atoms with Crippen LogP contribution in [0.15, 0.2) is 24.5 Å². The molecule has 0 aliphatic rings. The lowest BCUT2D eigenvalue weighted by molar-refractivity contribution is 1.29. The van der Waals surface area contributed by atoms with Gasteiger partial charge in [0, 0.05) is 12.4 Å². The van der Waals surface area contributed by atoms with Gasteiger partial charge in [-0.05, 0) is 21.5 Å². The Kier molecular flexibility index (Phi) is 0.932. The summed E-state index contributed by atoms with van der Waals surface area (Å²) < 4.78 is 1.92. The van der Waals surface area contributed by atoms with Crippen LogP contribution in [0.25, 0.3) is 0 Å². The molecule has 0 aliphatic carbocycles. The summed E-state index contributed by atoms with van der Waals surface area (Å²) in [5.41, 5.74) is 0. The standard InChI is InChI=1S/C4H6NP/c6-5-3-1-2-4-5/h1-4H,6H2. The lowest BCUT2D eigenvalue weighted by Crippen LogP contribution is -1.61. The van der Waals surface area contributed by atoms with E-state index in [1.807, 2.05) is 28.9 Å². The molecule has 1 rings (SSSR count). The van der Waals surface area contributed by atoms with Crippen LogP contribution in [0.2, 0.25) is 0 Å². The average Bonchev–Trinajstić information content (AvgIpc) is 1.86. The first-order valence-electron chi connectivity index (χ1n) is 1.77. The summed E-state index contributed by atoms with van der Waals surface area (Å²) in [6, 6.07) is 3.96. The largest absolute Gasteiger partial charge is 0.339 e. The Labute approximate surface area is 39.2 Å². The van der Waals surface area contributed by atoms with E-state index in [0.29, 0.717) is 0 Å². The molecule has 32 valence electrons. The lowest BCUT2D eigenvalue weighted by Gasteiger charge is -1.78. The average molecular weight is 99.1 g/mol. The molecule has 0 aliphatic heterocycles. The van der Waals surface area contributed by atoms with Gasteiger partial charge in [-0.1, -0.05) is 0 Å². The van der Waals surface area contributed by atoms with Crippen molar-refractivity contribution >= 4 is 9.39 Å². The molecule has 0 fully saturated rings. The molecule has 0 aromatic carbocycles. The normalized spacial score (nSPS) is 8.83. The molecule has 0 saturated carbocycles. The molecule has 1 unspecified atom stereocenters. The fraction of sp³-hybridized carbons (Fsp3) is 0. The highest BCUT2D eigenvalue weighted by molar-refractivity contribution is 7.14. The summed E-state index contributed by atoms with van der Waals surface area (Å²) in [4.78, 5) is 0. The van der Waals surface area contributed by atoms with E-state index in [1.165, 1.54) is 0 Å². The van der Waals surface area contributed by atoms with Gasteiger partial charge in [-0.2, -0.15) is 0 Å². The van der Waals surface area contributed by atoms with Gasteiger partial charge in [-0.15, -0.1) is 0 Å². The first-order chi connectivity index (χ1) is 2.89. The molecule has 1 aromatic heterocycles. The van der Waals surface area contributed by atoms with Crippen LogP contribution >= 0.6 is 9.39 Å². The molecule has 0 amide bonds. The monoisotopic (exact) mass is 99.0 g/mol. The molecule has 0 spiro atoms. The third-order valence-corrected chi connectivity index (χ3v) is 0.972. The Morgan fingerprint density at radius 3 is 1.83 bits per heavy atom. The van der Waals surface area contributed by atoms with Crippen molar-refractivity contribution in [1.29, 1.82) is 0 Å². The van der Waals surface area contributed by atoms with Crippen molar-refractivity contribution in [3.63, 3.8) is 0 Å².